The number of fused-ring (bicyclic) bond motifs is 2. The highest BCUT2D eigenvalue weighted by atomic mass is 16.2. The van der Waals surface area contributed by atoms with Gasteiger partial charge in [0.1, 0.15) is 6.34 Å². The zero-order valence-corrected chi connectivity index (χ0v) is 7.14. The summed E-state index contributed by atoms with van der Waals surface area (Å²) in [5.74, 6) is -0.240. The van der Waals surface area contributed by atoms with Crippen LogP contribution < -0.4 is 5.32 Å². The Morgan fingerprint density at radius 1 is 1.29 bits per heavy atom. The third-order valence-electron chi connectivity index (χ3n) is 2.37. The highest BCUT2D eigenvalue weighted by molar-refractivity contribution is 6.06. The van der Waals surface area contributed by atoms with E-state index in [9.17, 15) is 4.79 Å². The van der Waals surface area contributed by atoms with E-state index >= 15 is 0 Å². The molecule has 1 spiro atoms. The molecule has 5 nitrogen and oxygen atoms in total. The maximum absolute atomic E-state index is 11.7. The first-order valence-corrected chi connectivity index (χ1v) is 4.20. The molecular formula is C9H6N4O. The van der Waals surface area contributed by atoms with Crippen molar-refractivity contribution in [3.05, 3.63) is 29.8 Å². The molecule has 1 unspecified atom stereocenters. The van der Waals surface area contributed by atoms with Gasteiger partial charge in [-0.1, -0.05) is 18.2 Å². The van der Waals surface area contributed by atoms with E-state index in [4.69, 9.17) is 0 Å². The molecule has 0 bridgehead atoms. The van der Waals surface area contributed by atoms with E-state index in [1.54, 1.807) is 0 Å². The molecule has 1 atom stereocenters. The molecule has 14 heavy (non-hydrogen) atoms. The van der Waals surface area contributed by atoms with Gasteiger partial charge in [0.15, 0.2) is 0 Å². The fourth-order valence-electron chi connectivity index (χ4n) is 1.70. The molecule has 0 saturated heterocycles. The minimum Gasteiger partial charge on any atom is -0.321 e. The van der Waals surface area contributed by atoms with Gasteiger partial charge in [0.05, 0.1) is 0 Å². The second-order valence-electron chi connectivity index (χ2n) is 3.13. The molecule has 0 fully saturated rings. The van der Waals surface area contributed by atoms with Gasteiger partial charge in [-0.15, -0.1) is 10.2 Å². The lowest BCUT2D eigenvalue weighted by atomic mass is 10.0. The molecule has 0 aromatic heterocycles. The Labute approximate surface area is 79.6 Å². The van der Waals surface area contributed by atoms with Crippen molar-refractivity contribution in [1.82, 2.24) is 0 Å². The normalized spacial score (nSPS) is 27.0. The average molecular weight is 186 g/mol. The molecule has 3 rings (SSSR count). The highest BCUT2D eigenvalue weighted by Crippen LogP contribution is 2.41. The average Bonchev–Trinajstić information content (AvgIpc) is 2.77. The summed E-state index contributed by atoms with van der Waals surface area (Å²) in [6.07, 6.45) is 1.31. The standard InChI is InChI=1S/C9H6N4O/c14-8-9(10-5-11-13-9)6-3-1-2-4-7(6)12-8/h1-5H,(H,12,14). The fourth-order valence-corrected chi connectivity index (χ4v) is 1.70. The van der Waals surface area contributed by atoms with Crippen molar-refractivity contribution in [2.75, 3.05) is 5.32 Å². The van der Waals surface area contributed by atoms with Crippen LogP contribution in [-0.2, 0) is 10.5 Å². The Kier molecular flexibility index (Phi) is 1.19. The van der Waals surface area contributed by atoms with Gasteiger partial charge in [-0.3, -0.25) is 4.79 Å². The first kappa shape index (κ1) is 7.37. The van der Waals surface area contributed by atoms with Gasteiger partial charge in [-0.25, -0.2) is 4.99 Å². The van der Waals surface area contributed by atoms with Crippen molar-refractivity contribution in [3.63, 3.8) is 0 Å². The number of anilines is 1. The molecule has 0 saturated carbocycles. The second kappa shape index (κ2) is 2.25. The van der Waals surface area contributed by atoms with Crippen LogP contribution in [0.1, 0.15) is 5.56 Å². The number of nitrogens with one attached hydrogen (secondary N) is 1. The molecular weight excluding hydrogens is 180 g/mol. The zero-order chi connectivity index (χ0) is 9.60. The summed E-state index contributed by atoms with van der Waals surface area (Å²) in [6, 6.07) is 7.36. The first-order chi connectivity index (χ1) is 6.83. The number of rotatable bonds is 0. The lowest BCUT2D eigenvalue weighted by molar-refractivity contribution is -0.120. The molecule has 2 aliphatic rings. The number of azo groups is 1. The van der Waals surface area contributed by atoms with E-state index < -0.39 is 5.66 Å². The van der Waals surface area contributed by atoms with Crippen molar-refractivity contribution in [3.8, 4) is 0 Å². The number of carbonyl (C=O) groups is 1. The predicted octanol–water partition coefficient (Wildman–Crippen LogP) is 1.29. The number of hydrogen-bond donors (Lipinski definition) is 1. The van der Waals surface area contributed by atoms with Crippen LogP contribution in [0, 0.1) is 0 Å². The molecule has 1 amide bonds. The van der Waals surface area contributed by atoms with E-state index in [1.807, 2.05) is 24.3 Å². The van der Waals surface area contributed by atoms with E-state index in [0.717, 1.165) is 11.3 Å². The van der Waals surface area contributed by atoms with Crippen LogP contribution in [0.15, 0.2) is 39.5 Å². The number of carbonyl (C=O) groups excluding carboxylic acids is 1. The number of para-hydroxylation sites is 1. The Hall–Kier alpha value is -2.04. The Morgan fingerprint density at radius 2 is 2.14 bits per heavy atom. The van der Waals surface area contributed by atoms with E-state index in [-0.39, 0.29) is 5.91 Å². The maximum Gasteiger partial charge on any atom is 0.281 e. The first-order valence-electron chi connectivity index (χ1n) is 4.20. The lowest BCUT2D eigenvalue weighted by Gasteiger charge is -2.10. The van der Waals surface area contributed by atoms with Gasteiger partial charge in [-0.2, -0.15) is 0 Å². The lowest BCUT2D eigenvalue weighted by Crippen LogP contribution is -2.28. The number of hydrogen-bond acceptors (Lipinski definition) is 4. The van der Waals surface area contributed by atoms with Gasteiger partial charge < -0.3 is 5.32 Å². The van der Waals surface area contributed by atoms with Gasteiger partial charge in [-0.05, 0) is 6.07 Å². The van der Waals surface area contributed by atoms with Crippen molar-refractivity contribution >= 4 is 17.9 Å². The fraction of sp³-hybridized carbons (Fsp3) is 0.111. The SMILES string of the molecule is O=C1Nc2ccccc2C12N=CN=N2. The van der Waals surface area contributed by atoms with Crippen molar-refractivity contribution in [2.45, 2.75) is 5.66 Å². The quantitative estimate of drug-likeness (QED) is 0.651. The van der Waals surface area contributed by atoms with E-state index in [1.165, 1.54) is 6.34 Å². The summed E-state index contributed by atoms with van der Waals surface area (Å²) >= 11 is 0. The summed E-state index contributed by atoms with van der Waals surface area (Å²) in [4.78, 5) is 15.7. The van der Waals surface area contributed by atoms with Gasteiger partial charge in [0.2, 0.25) is 0 Å². The Bertz CT molecular complexity index is 465. The van der Waals surface area contributed by atoms with Crippen LogP contribution in [0.5, 0.6) is 0 Å². The molecule has 1 aromatic carbocycles. The number of benzene rings is 1. The minimum atomic E-state index is -1.14. The number of aliphatic imine (C=N–C) groups is 1. The van der Waals surface area contributed by atoms with Crippen LogP contribution >= 0.6 is 0 Å². The van der Waals surface area contributed by atoms with Gasteiger partial charge >= 0.3 is 0 Å². The van der Waals surface area contributed by atoms with Crippen LogP contribution in [0.25, 0.3) is 0 Å². The molecule has 68 valence electrons. The molecule has 5 heteroatoms. The van der Waals surface area contributed by atoms with Crippen molar-refractivity contribution in [2.24, 2.45) is 15.2 Å². The zero-order valence-electron chi connectivity index (χ0n) is 7.14. The summed E-state index contributed by atoms with van der Waals surface area (Å²) in [5, 5.41) is 10.2. The van der Waals surface area contributed by atoms with Crippen LogP contribution in [0.2, 0.25) is 0 Å². The summed E-state index contributed by atoms with van der Waals surface area (Å²) in [7, 11) is 0. The third-order valence-corrected chi connectivity index (χ3v) is 2.37. The van der Waals surface area contributed by atoms with E-state index in [0.29, 0.717) is 0 Å². The van der Waals surface area contributed by atoms with Crippen LogP contribution in [-0.4, -0.2) is 12.2 Å². The van der Waals surface area contributed by atoms with Crippen LogP contribution in [0.4, 0.5) is 5.69 Å². The molecule has 1 N–H and O–H groups in total. The number of nitrogens with zero attached hydrogens (tertiary/aromatic N) is 3. The minimum absolute atomic E-state index is 0.240. The van der Waals surface area contributed by atoms with Crippen molar-refractivity contribution in [1.29, 1.82) is 0 Å². The highest BCUT2D eigenvalue weighted by Gasteiger charge is 2.48. The van der Waals surface area contributed by atoms with Gasteiger partial charge in [0, 0.05) is 11.3 Å². The smallest absolute Gasteiger partial charge is 0.281 e. The largest absolute Gasteiger partial charge is 0.321 e. The predicted molar refractivity (Wildman–Crippen MR) is 50.1 cm³/mol. The Balaban J connectivity index is 2.29. The summed E-state index contributed by atoms with van der Waals surface area (Å²) < 4.78 is 0. The number of amides is 1. The Morgan fingerprint density at radius 3 is 2.93 bits per heavy atom. The third kappa shape index (κ3) is 0.693. The van der Waals surface area contributed by atoms with Gasteiger partial charge in [0.25, 0.3) is 11.6 Å². The molecule has 0 radical (unpaired) electrons. The summed E-state index contributed by atoms with van der Waals surface area (Å²) in [5.41, 5.74) is 0.384. The molecule has 1 aromatic rings. The summed E-state index contributed by atoms with van der Waals surface area (Å²) in [6.45, 7) is 0. The molecule has 2 heterocycles. The van der Waals surface area contributed by atoms with Crippen LogP contribution in [0.3, 0.4) is 0 Å². The molecule has 0 aliphatic carbocycles. The van der Waals surface area contributed by atoms with Crippen molar-refractivity contribution < 1.29 is 4.79 Å². The monoisotopic (exact) mass is 186 g/mol. The molecule has 2 aliphatic heterocycles. The topological polar surface area (TPSA) is 66.2 Å². The maximum atomic E-state index is 11.7. The second-order valence-corrected chi connectivity index (χ2v) is 3.13. The van der Waals surface area contributed by atoms with E-state index in [2.05, 4.69) is 20.5 Å².